The minimum atomic E-state index is -1.10. The molecular weight excluding hydrogens is 270 g/mol. The van der Waals surface area contributed by atoms with Crippen LogP contribution in [0.5, 0.6) is 0 Å². The lowest BCUT2D eigenvalue weighted by Crippen LogP contribution is -2.35. The first kappa shape index (κ1) is 16.7. The molecule has 0 unspecified atom stereocenters. The number of carbonyl (C=O) groups is 2. The van der Waals surface area contributed by atoms with E-state index in [0.717, 1.165) is 10.5 Å². The molecule has 0 saturated heterocycles. The average Bonchev–Trinajstić information content (AvgIpc) is 2.44. The highest BCUT2D eigenvalue weighted by molar-refractivity contribution is 5.96. The second-order valence-electron chi connectivity index (χ2n) is 4.82. The van der Waals surface area contributed by atoms with E-state index < -0.39 is 18.4 Å². The first-order chi connectivity index (χ1) is 9.93. The number of benzene rings is 1. The van der Waals surface area contributed by atoms with Crippen LogP contribution in [0.3, 0.4) is 0 Å². The van der Waals surface area contributed by atoms with E-state index in [2.05, 4.69) is 5.92 Å². The van der Waals surface area contributed by atoms with Crippen LogP contribution < -0.4 is 0 Å². The number of rotatable bonds is 7. The topological polar surface area (TPSA) is 66.8 Å². The molecule has 1 N–H and O–H groups in total. The van der Waals surface area contributed by atoms with Crippen LogP contribution >= 0.6 is 0 Å². The molecule has 112 valence electrons. The van der Waals surface area contributed by atoms with E-state index in [1.165, 1.54) is 0 Å². The number of carbonyl (C=O) groups excluding carboxylic acids is 1. The van der Waals surface area contributed by atoms with Gasteiger partial charge in [0.05, 0.1) is 19.3 Å². The Kier molecular flexibility index (Phi) is 6.44. The lowest BCUT2D eigenvalue weighted by Gasteiger charge is -2.18. The monoisotopic (exact) mass is 289 g/mol. The smallest absolute Gasteiger partial charge is 0.323 e. The van der Waals surface area contributed by atoms with Crippen LogP contribution in [0.15, 0.2) is 24.3 Å². The summed E-state index contributed by atoms with van der Waals surface area (Å²) < 4.78 is 5.47. The third-order valence-electron chi connectivity index (χ3n) is 2.68. The normalized spacial score (nSPS) is 10.2. The second-order valence-corrected chi connectivity index (χ2v) is 4.82. The summed E-state index contributed by atoms with van der Waals surface area (Å²) in [4.78, 5) is 24.0. The summed E-state index contributed by atoms with van der Waals surface area (Å²) in [6, 6.07) is 6.86. The SMILES string of the molecule is C#CCN(CC(=O)O)C(=O)c1ccc(COC(C)C)cc1. The van der Waals surface area contributed by atoms with Gasteiger partial charge in [-0.3, -0.25) is 9.59 Å². The number of carboxylic acid groups (broad SMARTS) is 1. The first-order valence-electron chi connectivity index (χ1n) is 6.59. The zero-order valence-corrected chi connectivity index (χ0v) is 12.2. The molecule has 1 aromatic carbocycles. The van der Waals surface area contributed by atoms with Gasteiger partial charge in [0.2, 0.25) is 0 Å². The molecule has 0 heterocycles. The van der Waals surface area contributed by atoms with Crippen molar-refractivity contribution in [3.8, 4) is 12.3 Å². The van der Waals surface area contributed by atoms with Gasteiger partial charge in [0, 0.05) is 5.56 Å². The maximum absolute atomic E-state index is 12.2. The van der Waals surface area contributed by atoms with Gasteiger partial charge in [-0.2, -0.15) is 0 Å². The predicted octanol–water partition coefficient (Wildman–Crippen LogP) is 1.77. The van der Waals surface area contributed by atoms with Crippen molar-refractivity contribution in [3.05, 3.63) is 35.4 Å². The predicted molar refractivity (Wildman–Crippen MR) is 78.7 cm³/mol. The molecule has 0 saturated carbocycles. The fourth-order valence-corrected chi connectivity index (χ4v) is 1.66. The summed E-state index contributed by atoms with van der Waals surface area (Å²) in [5.74, 6) is 0.796. The molecule has 0 aliphatic rings. The Hall–Kier alpha value is -2.32. The fourth-order valence-electron chi connectivity index (χ4n) is 1.66. The summed E-state index contributed by atoms with van der Waals surface area (Å²) in [6.45, 7) is 3.91. The van der Waals surface area contributed by atoms with Crippen molar-refractivity contribution < 1.29 is 19.4 Å². The van der Waals surface area contributed by atoms with E-state index in [4.69, 9.17) is 16.3 Å². The van der Waals surface area contributed by atoms with Gasteiger partial charge in [-0.05, 0) is 31.5 Å². The lowest BCUT2D eigenvalue weighted by atomic mass is 10.1. The van der Waals surface area contributed by atoms with Crippen LogP contribution in [0.4, 0.5) is 0 Å². The van der Waals surface area contributed by atoms with E-state index in [-0.39, 0.29) is 12.6 Å². The van der Waals surface area contributed by atoms with Gasteiger partial charge >= 0.3 is 5.97 Å². The Morgan fingerprint density at radius 1 is 1.33 bits per heavy atom. The first-order valence-corrected chi connectivity index (χ1v) is 6.59. The van der Waals surface area contributed by atoms with Crippen LogP contribution in [0, 0.1) is 12.3 Å². The summed E-state index contributed by atoms with van der Waals surface area (Å²) in [7, 11) is 0. The molecule has 0 fully saturated rings. The number of hydrogen-bond acceptors (Lipinski definition) is 3. The van der Waals surface area contributed by atoms with Gasteiger partial charge in [-0.25, -0.2) is 0 Å². The molecule has 1 rings (SSSR count). The zero-order chi connectivity index (χ0) is 15.8. The molecule has 21 heavy (non-hydrogen) atoms. The Bertz CT molecular complexity index is 528. The molecule has 5 heteroatoms. The number of nitrogens with zero attached hydrogens (tertiary/aromatic N) is 1. The molecule has 0 aliphatic heterocycles. The van der Waals surface area contributed by atoms with Gasteiger partial charge in [-0.1, -0.05) is 18.1 Å². The lowest BCUT2D eigenvalue weighted by molar-refractivity contribution is -0.137. The van der Waals surface area contributed by atoms with Gasteiger partial charge in [-0.15, -0.1) is 6.42 Å². The third-order valence-corrected chi connectivity index (χ3v) is 2.68. The van der Waals surface area contributed by atoms with Crippen molar-refractivity contribution in [1.82, 2.24) is 4.90 Å². The molecule has 0 radical (unpaired) electrons. The van der Waals surface area contributed by atoms with Crippen molar-refractivity contribution >= 4 is 11.9 Å². The van der Waals surface area contributed by atoms with E-state index >= 15 is 0 Å². The minimum absolute atomic E-state index is 0.0383. The molecule has 5 nitrogen and oxygen atoms in total. The summed E-state index contributed by atoms with van der Waals surface area (Å²) in [6.07, 6.45) is 5.29. The zero-order valence-electron chi connectivity index (χ0n) is 12.2. The molecule has 0 bridgehead atoms. The maximum atomic E-state index is 12.2. The van der Waals surface area contributed by atoms with Crippen molar-refractivity contribution in [3.63, 3.8) is 0 Å². The number of ether oxygens (including phenoxy) is 1. The highest BCUT2D eigenvalue weighted by Gasteiger charge is 2.17. The maximum Gasteiger partial charge on any atom is 0.323 e. The fraction of sp³-hybridized carbons (Fsp3) is 0.375. The molecule has 0 spiro atoms. The van der Waals surface area contributed by atoms with Gasteiger partial charge in [0.25, 0.3) is 5.91 Å². The van der Waals surface area contributed by atoms with Crippen molar-refractivity contribution in [2.24, 2.45) is 0 Å². The van der Waals surface area contributed by atoms with Crippen LogP contribution in [0.2, 0.25) is 0 Å². The molecule has 1 aromatic rings. The second kappa shape index (κ2) is 8.08. The Morgan fingerprint density at radius 3 is 2.43 bits per heavy atom. The molecule has 0 aromatic heterocycles. The standard InChI is InChI=1S/C16H19NO4/c1-4-9-17(10-15(18)19)16(20)14-7-5-13(6-8-14)11-21-12(2)3/h1,5-8,12H,9-11H2,2-3H3,(H,18,19). The molecule has 0 atom stereocenters. The quantitative estimate of drug-likeness (QED) is 0.777. The Morgan fingerprint density at radius 2 is 1.95 bits per heavy atom. The van der Waals surface area contributed by atoms with Gasteiger partial charge < -0.3 is 14.7 Å². The van der Waals surface area contributed by atoms with E-state index in [9.17, 15) is 9.59 Å². The molecule has 1 amide bonds. The van der Waals surface area contributed by atoms with E-state index in [1.54, 1.807) is 24.3 Å². The number of carboxylic acids is 1. The van der Waals surface area contributed by atoms with Crippen molar-refractivity contribution in [1.29, 1.82) is 0 Å². The largest absolute Gasteiger partial charge is 0.480 e. The number of aliphatic carboxylic acids is 1. The Labute approximate surface area is 124 Å². The number of hydrogen-bond donors (Lipinski definition) is 1. The van der Waals surface area contributed by atoms with Crippen LogP contribution in [0.1, 0.15) is 29.8 Å². The van der Waals surface area contributed by atoms with Crippen molar-refractivity contribution in [2.45, 2.75) is 26.6 Å². The summed E-state index contributed by atoms with van der Waals surface area (Å²) >= 11 is 0. The molecule has 0 aliphatic carbocycles. The highest BCUT2D eigenvalue weighted by Crippen LogP contribution is 2.09. The van der Waals surface area contributed by atoms with Crippen LogP contribution in [0.25, 0.3) is 0 Å². The Balaban J connectivity index is 2.77. The van der Waals surface area contributed by atoms with Gasteiger partial charge in [0.15, 0.2) is 0 Å². The van der Waals surface area contributed by atoms with Crippen LogP contribution in [-0.4, -0.2) is 41.1 Å². The summed E-state index contributed by atoms with van der Waals surface area (Å²) in [5, 5.41) is 8.79. The van der Waals surface area contributed by atoms with Crippen LogP contribution in [-0.2, 0) is 16.1 Å². The number of terminal acetylenes is 1. The van der Waals surface area contributed by atoms with E-state index in [0.29, 0.717) is 12.2 Å². The molecular formula is C16H19NO4. The van der Waals surface area contributed by atoms with Gasteiger partial charge in [0.1, 0.15) is 6.54 Å². The highest BCUT2D eigenvalue weighted by atomic mass is 16.5. The minimum Gasteiger partial charge on any atom is -0.480 e. The average molecular weight is 289 g/mol. The number of amides is 1. The summed E-state index contributed by atoms with van der Waals surface area (Å²) in [5.41, 5.74) is 1.35. The van der Waals surface area contributed by atoms with Crippen molar-refractivity contribution in [2.75, 3.05) is 13.1 Å². The van der Waals surface area contributed by atoms with E-state index in [1.807, 2.05) is 13.8 Å². The third kappa shape index (κ3) is 5.67.